The molecule has 0 aromatic rings. The van der Waals surface area contributed by atoms with E-state index < -0.39 is 7.91 Å². The van der Waals surface area contributed by atoms with E-state index in [1.165, 1.54) is 0 Å². The van der Waals surface area contributed by atoms with Crippen LogP contribution >= 0.6 is 7.91 Å². The third-order valence-electron chi connectivity index (χ3n) is 0. The van der Waals surface area contributed by atoms with Crippen LogP contribution in [0, 0.1) is 0 Å². The summed E-state index contributed by atoms with van der Waals surface area (Å²) in [7, 11) is -5.64. The maximum atomic E-state index is 10.1. The van der Waals surface area contributed by atoms with Gasteiger partial charge in [-0.2, -0.15) is 0 Å². The summed E-state index contributed by atoms with van der Waals surface area (Å²) in [6.45, 7) is 0. The maximum absolute atomic E-state index is 10.1. The van der Waals surface area contributed by atoms with E-state index in [-0.39, 0.29) is 93.4 Å². The molecule has 0 radical (unpaired) electrons. The normalized spacial score (nSPS) is 6.56. The summed E-state index contributed by atoms with van der Waals surface area (Å²) in [5, 5.41) is 0. The fourth-order valence-electron chi connectivity index (χ4n) is 0. The second-order valence-electron chi connectivity index (χ2n) is 0.431. The van der Waals surface area contributed by atoms with E-state index in [0.717, 1.165) is 0 Å². The van der Waals surface area contributed by atoms with Gasteiger partial charge in [0.2, 0.25) is 0 Å². The van der Waals surface area contributed by atoms with Gasteiger partial charge in [0.15, 0.2) is 0 Å². The molecule has 9 heteroatoms. The minimum atomic E-state index is -5.64. The maximum Gasteiger partial charge on any atom is 1.00 e. The topological polar surface area (TPSA) is 63.2 Å². The van der Waals surface area contributed by atoms with Crippen LogP contribution in [0.5, 0.6) is 0 Å². The van der Waals surface area contributed by atoms with Crippen molar-refractivity contribution < 1.29 is 112 Å². The van der Waals surface area contributed by atoms with Gasteiger partial charge in [-0.15, -0.1) is 0 Å². The van der Waals surface area contributed by atoms with Crippen LogP contribution < -0.4 is 103 Å². The molecular formula is F2Na3O3P. The van der Waals surface area contributed by atoms with Crippen molar-refractivity contribution >= 4 is 7.91 Å². The Balaban J connectivity index is -0.0000000133. The molecule has 0 amide bonds. The molecule has 0 aromatic heterocycles. The molecule has 3 nitrogen and oxygen atoms in total. The van der Waals surface area contributed by atoms with Crippen molar-refractivity contribution in [1.29, 1.82) is 0 Å². The van der Waals surface area contributed by atoms with Crippen molar-refractivity contribution in [2.45, 2.75) is 0 Å². The Labute approximate surface area is 118 Å². The van der Waals surface area contributed by atoms with Gasteiger partial charge >= 0.3 is 88.7 Å². The molecule has 0 unspecified atom stereocenters. The van der Waals surface area contributed by atoms with E-state index in [2.05, 4.69) is 0 Å². The summed E-state index contributed by atoms with van der Waals surface area (Å²) in [5.41, 5.74) is 0. The smallest absolute Gasteiger partial charge is 1.00 e. The van der Waals surface area contributed by atoms with Crippen molar-refractivity contribution in [2.24, 2.45) is 0 Å². The minimum Gasteiger partial charge on any atom is -1.00 e. The van der Waals surface area contributed by atoms with Gasteiger partial charge in [-0.25, -0.2) is 4.20 Å². The summed E-state index contributed by atoms with van der Waals surface area (Å²) in [4.78, 5) is 16.9. The predicted octanol–water partition coefficient (Wildman–Crippen LogP) is -13.2. The van der Waals surface area contributed by atoms with Crippen LogP contribution in [0.4, 0.5) is 4.20 Å². The second-order valence-corrected chi connectivity index (χ2v) is 1.29. The van der Waals surface area contributed by atoms with Gasteiger partial charge in [0.05, 0.1) is 0 Å². The molecule has 0 N–H and O–H groups in total. The molecule has 0 atom stereocenters. The zero-order valence-corrected chi connectivity index (χ0v) is 12.3. The van der Waals surface area contributed by atoms with Gasteiger partial charge in [-0.1, -0.05) is 0 Å². The van der Waals surface area contributed by atoms with E-state index in [4.69, 9.17) is 14.4 Å². The molecule has 0 saturated carbocycles. The van der Waals surface area contributed by atoms with Crippen LogP contribution in [0.15, 0.2) is 0 Å². The van der Waals surface area contributed by atoms with Gasteiger partial charge in [0.25, 0.3) is 0 Å². The second kappa shape index (κ2) is 13.6. The van der Waals surface area contributed by atoms with Gasteiger partial charge < -0.3 is 19.1 Å². The molecule has 0 fully saturated rings. The molecule has 0 aromatic carbocycles. The summed E-state index contributed by atoms with van der Waals surface area (Å²) in [6, 6.07) is 0. The molecule has 9 heavy (non-hydrogen) atoms. The first-order valence-electron chi connectivity index (χ1n) is 0.717. The molecule has 40 valence electrons. The molecule has 0 aliphatic carbocycles. The van der Waals surface area contributed by atoms with Gasteiger partial charge in [0.1, 0.15) is 7.91 Å². The summed E-state index contributed by atoms with van der Waals surface area (Å²) >= 11 is 0. The Kier molecular flexibility index (Phi) is 44.7. The van der Waals surface area contributed by atoms with Gasteiger partial charge in [-0.05, 0) is 0 Å². The van der Waals surface area contributed by atoms with Crippen molar-refractivity contribution in [1.82, 2.24) is 0 Å². The van der Waals surface area contributed by atoms with Crippen molar-refractivity contribution in [3.8, 4) is 0 Å². The first-order valence-corrected chi connectivity index (χ1v) is 2.15. The molecule has 0 heterocycles. The van der Waals surface area contributed by atoms with E-state index in [0.29, 0.717) is 0 Å². The van der Waals surface area contributed by atoms with Crippen molar-refractivity contribution in [3.63, 3.8) is 0 Å². The monoisotopic (exact) mass is 186 g/mol. The number of rotatable bonds is 0. The van der Waals surface area contributed by atoms with Crippen LogP contribution in [0.1, 0.15) is 0 Å². The minimum absolute atomic E-state index is 0. The van der Waals surface area contributed by atoms with Crippen LogP contribution in [-0.4, -0.2) is 0 Å². The Morgan fingerprint density at radius 2 is 1.11 bits per heavy atom. The third-order valence-corrected chi connectivity index (χ3v) is 0. The number of hydrogen-bond donors (Lipinski definition) is 0. The fourth-order valence-corrected chi connectivity index (χ4v) is 0. The molecule has 0 aliphatic heterocycles. The van der Waals surface area contributed by atoms with Crippen LogP contribution in [-0.2, 0) is 4.57 Å². The quantitative estimate of drug-likeness (QED) is 0.278. The molecule has 0 saturated heterocycles. The molecule has 0 rings (SSSR count). The Morgan fingerprint density at radius 3 is 1.11 bits per heavy atom. The molecule has 0 bridgehead atoms. The van der Waals surface area contributed by atoms with Gasteiger partial charge in [-0.3, -0.25) is 0 Å². The van der Waals surface area contributed by atoms with E-state index in [1.807, 2.05) is 0 Å². The zero-order valence-electron chi connectivity index (χ0n) is 5.43. The van der Waals surface area contributed by atoms with Crippen LogP contribution in [0.25, 0.3) is 0 Å². The zero-order chi connectivity index (χ0) is 4.50. The van der Waals surface area contributed by atoms with Crippen molar-refractivity contribution in [3.05, 3.63) is 0 Å². The number of hydrogen-bond acceptors (Lipinski definition) is 3. The summed E-state index contributed by atoms with van der Waals surface area (Å²) < 4.78 is 18.6. The first kappa shape index (κ1) is 29.6. The standard InChI is InChI=1S/FH2O3P.FH.3Na/c1-5(2,3)4;;;;/h(H2,2,3,4);1H;;;/q;;3*+1/p-3. The van der Waals surface area contributed by atoms with Crippen LogP contribution in [0.3, 0.4) is 0 Å². The Hall–Kier alpha value is 3.01. The largest absolute Gasteiger partial charge is 1.00 e. The summed E-state index contributed by atoms with van der Waals surface area (Å²) in [5.74, 6) is 0. The third kappa shape index (κ3) is 98.7. The van der Waals surface area contributed by atoms with E-state index in [9.17, 15) is 4.20 Å². The number of halogens is 2. The van der Waals surface area contributed by atoms with Gasteiger partial charge in [0, 0.05) is 0 Å². The Bertz CT molecular complexity index is 63.2. The first-order chi connectivity index (χ1) is 2.00. The predicted molar refractivity (Wildman–Crippen MR) is 8.71 cm³/mol. The molecular weight excluding hydrogens is 186 g/mol. The van der Waals surface area contributed by atoms with E-state index >= 15 is 0 Å². The Morgan fingerprint density at radius 1 is 1.11 bits per heavy atom. The van der Waals surface area contributed by atoms with Crippen LogP contribution in [0.2, 0.25) is 0 Å². The SMILES string of the molecule is O=P([O-])([O-])F.[F-].[Na+].[Na+].[Na+]. The average molecular weight is 186 g/mol. The summed E-state index contributed by atoms with van der Waals surface area (Å²) in [6.07, 6.45) is 0. The van der Waals surface area contributed by atoms with E-state index in [1.54, 1.807) is 0 Å². The average Bonchev–Trinajstić information content (AvgIpc) is 0.722. The van der Waals surface area contributed by atoms with Crippen molar-refractivity contribution in [2.75, 3.05) is 0 Å². The molecule has 0 spiro atoms. The molecule has 0 aliphatic rings. The fraction of sp³-hybridized carbons (Fsp3) is 0.